The topological polar surface area (TPSA) is 78.7 Å². The number of hydrogen-bond acceptors (Lipinski definition) is 5. The Hall–Kier alpha value is -1.70. The molecular weight excluding hydrogens is 340 g/mol. The van der Waals surface area contributed by atoms with E-state index in [4.69, 9.17) is 21.4 Å². The van der Waals surface area contributed by atoms with Gasteiger partial charge in [-0.15, -0.1) is 0 Å². The highest BCUT2D eigenvalue weighted by Crippen LogP contribution is 2.51. The maximum absolute atomic E-state index is 12.8. The van der Waals surface area contributed by atoms with Crippen molar-refractivity contribution in [3.05, 3.63) is 28.6 Å². The average molecular weight is 362 g/mol. The zero-order chi connectivity index (χ0) is 17.6. The number of amides is 1. The van der Waals surface area contributed by atoms with E-state index in [0.29, 0.717) is 42.1 Å². The van der Waals surface area contributed by atoms with Gasteiger partial charge in [0.1, 0.15) is 0 Å². The fourth-order valence-corrected chi connectivity index (χ4v) is 4.40. The fraction of sp³-hybridized carbons (Fsp3) is 0.556. The van der Waals surface area contributed by atoms with Crippen molar-refractivity contribution >= 4 is 29.2 Å². The van der Waals surface area contributed by atoms with Crippen LogP contribution < -0.4 is 0 Å². The molecule has 1 aliphatic carbocycles. The molecule has 2 heterocycles. The minimum absolute atomic E-state index is 0.0131. The molecule has 2 N–H and O–H groups in total. The number of carbonyl (C=O) groups excluding carboxylic acids is 1. The molecule has 2 fully saturated rings. The number of aromatic amines is 1. The van der Waals surface area contributed by atoms with Crippen LogP contribution in [0.2, 0.25) is 0 Å². The fourth-order valence-electron chi connectivity index (χ4n) is 4.20. The van der Waals surface area contributed by atoms with Crippen molar-refractivity contribution in [3.8, 4) is 0 Å². The van der Waals surface area contributed by atoms with Crippen LogP contribution in [-0.2, 0) is 4.74 Å². The Labute approximate surface area is 150 Å². The van der Waals surface area contributed by atoms with Crippen LogP contribution in [0.15, 0.2) is 22.6 Å². The third-order valence-corrected chi connectivity index (χ3v) is 5.94. The van der Waals surface area contributed by atoms with Gasteiger partial charge >= 0.3 is 0 Å². The Morgan fingerprint density at radius 1 is 1.48 bits per heavy atom. The molecule has 7 heteroatoms. The zero-order valence-corrected chi connectivity index (χ0v) is 15.0. The van der Waals surface area contributed by atoms with Crippen LogP contribution in [0.3, 0.4) is 0 Å². The van der Waals surface area contributed by atoms with Gasteiger partial charge in [-0.25, -0.2) is 0 Å². The third-order valence-electron chi connectivity index (χ3n) is 5.76. The van der Waals surface area contributed by atoms with E-state index in [9.17, 15) is 9.90 Å². The number of aliphatic hydroxyl groups is 1. The van der Waals surface area contributed by atoms with E-state index in [1.807, 2.05) is 17.9 Å². The summed E-state index contributed by atoms with van der Waals surface area (Å²) in [6.07, 6.45) is 2.05. The summed E-state index contributed by atoms with van der Waals surface area (Å²) < 4.78 is 11.2. The second kappa shape index (κ2) is 6.23. The number of aliphatic hydroxyl groups excluding tert-OH is 1. The number of ether oxygens (including phenoxy) is 1. The van der Waals surface area contributed by atoms with Crippen LogP contribution in [-0.4, -0.2) is 52.8 Å². The molecule has 1 amide bonds. The summed E-state index contributed by atoms with van der Waals surface area (Å²) in [7, 11) is 0. The van der Waals surface area contributed by atoms with E-state index in [1.54, 1.807) is 12.1 Å². The van der Waals surface area contributed by atoms with Crippen LogP contribution in [0.1, 0.15) is 36.5 Å². The van der Waals surface area contributed by atoms with Crippen LogP contribution in [0.25, 0.3) is 11.1 Å². The number of aromatic nitrogens is 1. The molecule has 1 aromatic carbocycles. The molecule has 2 aliphatic rings. The Morgan fingerprint density at radius 2 is 2.24 bits per heavy atom. The predicted octanol–water partition coefficient (Wildman–Crippen LogP) is 2.88. The summed E-state index contributed by atoms with van der Waals surface area (Å²) in [5.74, 6) is -0.0131. The van der Waals surface area contributed by atoms with Gasteiger partial charge in [0.05, 0.1) is 17.7 Å². The Bertz CT molecular complexity index is 848. The van der Waals surface area contributed by atoms with E-state index in [0.717, 1.165) is 18.4 Å². The lowest BCUT2D eigenvalue weighted by molar-refractivity contribution is -0.207. The summed E-state index contributed by atoms with van der Waals surface area (Å²) in [5, 5.41) is 10.3. The van der Waals surface area contributed by atoms with Gasteiger partial charge in [-0.2, -0.15) is 0 Å². The molecular formula is C18H22N2O4S. The number of likely N-dealkylation sites (tertiary alicyclic amines) is 1. The average Bonchev–Trinajstić information content (AvgIpc) is 3.00. The lowest BCUT2D eigenvalue weighted by Crippen LogP contribution is -2.62. The normalized spacial score (nSPS) is 25.3. The van der Waals surface area contributed by atoms with Crippen molar-refractivity contribution in [3.63, 3.8) is 0 Å². The highest BCUT2D eigenvalue weighted by atomic mass is 32.1. The van der Waals surface area contributed by atoms with E-state index in [1.165, 1.54) is 0 Å². The summed E-state index contributed by atoms with van der Waals surface area (Å²) in [5.41, 5.74) is 1.80. The minimum atomic E-state index is -0.318. The first-order valence-corrected chi connectivity index (χ1v) is 9.16. The Kier molecular flexibility index (Phi) is 4.17. The number of nitrogens with one attached hydrogen (secondary N) is 1. The molecule has 1 spiro atoms. The zero-order valence-electron chi connectivity index (χ0n) is 14.2. The molecule has 0 radical (unpaired) electrons. The number of carbonyl (C=O) groups is 1. The second-order valence-electron chi connectivity index (χ2n) is 6.95. The maximum Gasteiger partial charge on any atom is 0.266 e. The van der Waals surface area contributed by atoms with Gasteiger partial charge in [0, 0.05) is 37.1 Å². The molecule has 0 bridgehead atoms. The van der Waals surface area contributed by atoms with E-state index >= 15 is 0 Å². The molecule has 2 unspecified atom stereocenters. The van der Waals surface area contributed by atoms with Crippen molar-refractivity contribution in [2.45, 2.75) is 38.4 Å². The summed E-state index contributed by atoms with van der Waals surface area (Å²) in [6, 6.07) is 5.33. The lowest BCUT2D eigenvalue weighted by atomic mass is 9.58. The molecule has 1 saturated heterocycles. The highest BCUT2D eigenvalue weighted by molar-refractivity contribution is 7.71. The molecule has 6 nitrogen and oxygen atoms in total. The lowest BCUT2D eigenvalue weighted by Gasteiger charge is -2.56. The van der Waals surface area contributed by atoms with Crippen molar-refractivity contribution in [2.24, 2.45) is 5.41 Å². The third kappa shape index (κ3) is 2.70. The number of oxazole rings is 1. The van der Waals surface area contributed by atoms with Crippen molar-refractivity contribution < 1.29 is 19.1 Å². The van der Waals surface area contributed by atoms with Crippen LogP contribution in [0.4, 0.5) is 0 Å². The van der Waals surface area contributed by atoms with Crippen molar-refractivity contribution in [1.29, 1.82) is 0 Å². The molecule has 25 heavy (non-hydrogen) atoms. The first-order chi connectivity index (χ1) is 12.0. The second-order valence-corrected chi connectivity index (χ2v) is 7.32. The van der Waals surface area contributed by atoms with Crippen molar-refractivity contribution in [2.75, 3.05) is 19.7 Å². The summed E-state index contributed by atoms with van der Waals surface area (Å²) in [6.45, 7) is 3.91. The number of fused-ring (bicyclic) bond motifs is 1. The van der Waals surface area contributed by atoms with E-state index in [2.05, 4.69) is 4.98 Å². The molecule has 4 rings (SSSR count). The van der Waals surface area contributed by atoms with Gasteiger partial charge in [-0.05, 0) is 50.2 Å². The predicted molar refractivity (Wildman–Crippen MR) is 95.0 cm³/mol. The smallest absolute Gasteiger partial charge is 0.266 e. The molecule has 1 aliphatic heterocycles. The monoisotopic (exact) mass is 362 g/mol. The molecule has 1 saturated carbocycles. The number of piperidine rings is 1. The van der Waals surface area contributed by atoms with E-state index in [-0.39, 0.29) is 23.5 Å². The Morgan fingerprint density at radius 3 is 2.92 bits per heavy atom. The van der Waals surface area contributed by atoms with Gasteiger partial charge in [0.25, 0.3) is 10.7 Å². The minimum Gasteiger partial charge on any atom is -0.429 e. The number of H-pyrrole nitrogens is 1. The van der Waals surface area contributed by atoms with Gasteiger partial charge in [0.15, 0.2) is 5.58 Å². The van der Waals surface area contributed by atoms with Crippen LogP contribution >= 0.6 is 12.2 Å². The highest BCUT2D eigenvalue weighted by Gasteiger charge is 2.56. The van der Waals surface area contributed by atoms with Crippen LogP contribution in [0.5, 0.6) is 0 Å². The SMILES string of the molecule is CCOC1CC(O)C12CCN(C(=O)c1ccc3[nH]c(=S)oc3c1)CC2. The quantitative estimate of drug-likeness (QED) is 0.821. The first-order valence-electron chi connectivity index (χ1n) is 8.75. The number of rotatable bonds is 3. The Balaban J connectivity index is 1.48. The number of hydrogen-bond donors (Lipinski definition) is 2. The maximum atomic E-state index is 12.8. The summed E-state index contributed by atoms with van der Waals surface area (Å²) >= 11 is 4.98. The van der Waals surface area contributed by atoms with Gasteiger partial charge < -0.3 is 24.1 Å². The molecule has 134 valence electrons. The van der Waals surface area contributed by atoms with Gasteiger partial charge in [-0.1, -0.05) is 0 Å². The molecule has 2 aromatic rings. The van der Waals surface area contributed by atoms with Crippen LogP contribution in [0, 0.1) is 10.3 Å². The van der Waals surface area contributed by atoms with Gasteiger partial charge in [0.2, 0.25) is 0 Å². The summed E-state index contributed by atoms with van der Waals surface area (Å²) in [4.78, 5) is 17.9. The van der Waals surface area contributed by atoms with Gasteiger partial charge in [-0.3, -0.25) is 4.79 Å². The number of nitrogens with zero attached hydrogens (tertiary/aromatic N) is 1. The largest absolute Gasteiger partial charge is 0.429 e. The molecule has 2 atom stereocenters. The van der Waals surface area contributed by atoms with Crippen molar-refractivity contribution in [1.82, 2.24) is 9.88 Å². The standard InChI is InChI=1S/C18H22N2O4S/c1-2-23-15-10-14(21)18(15)5-7-20(8-6-18)16(22)11-3-4-12-13(9-11)24-17(25)19-12/h3-4,9,14-15,21H,2,5-8,10H2,1H3,(H,19,25). The number of benzene rings is 1. The first kappa shape index (κ1) is 16.8. The van der Waals surface area contributed by atoms with E-state index < -0.39 is 0 Å². The molecule has 1 aromatic heterocycles.